The first-order valence-corrected chi connectivity index (χ1v) is 12.1. The highest BCUT2D eigenvalue weighted by Gasteiger charge is 2.34. The summed E-state index contributed by atoms with van der Waals surface area (Å²) in [5.74, 6) is 0.127. The van der Waals surface area contributed by atoms with Gasteiger partial charge in [-0.05, 0) is 51.5 Å². The molecular formula is C27H48N3O3+. The Kier molecular flexibility index (Phi) is 10.8. The molecule has 0 spiro atoms. The molecule has 188 valence electrons. The number of hydrogen-bond donors (Lipinski definition) is 2. The van der Waals surface area contributed by atoms with E-state index < -0.39 is 0 Å². The number of hydrogen-bond acceptors (Lipinski definition) is 4. The fourth-order valence-corrected chi connectivity index (χ4v) is 4.64. The van der Waals surface area contributed by atoms with Crippen molar-refractivity contribution in [2.24, 2.45) is 0 Å². The number of carbonyl (C=O) groups excluding carboxylic acids is 2. The smallest absolute Gasteiger partial charge is 0.279 e. The maximum atomic E-state index is 12.9. The Morgan fingerprint density at radius 3 is 2.42 bits per heavy atom. The van der Waals surface area contributed by atoms with Gasteiger partial charge in [0.15, 0.2) is 12.3 Å². The van der Waals surface area contributed by atoms with Crippen molar-refractivity contribution in [2.75, 3.05) is 46.4 Å². The number of methoxy groups -OCH3 is 1. The van der Waals surface area contributed by atoms with Gasteiger partial charge in [0, 0.05) is 41.8 Å². The molecule has 0 unspecified atom stereocenters. The van der Waals surface area contributed by atoms with Crippen molar-refractivity contribution in [3.05, 3.63) is 59.0 Å². The highest BCUT2D eigenvalue weighted by Crippen LogP contribution is 2.28. The fraction of sp³-hybridized carbons (Fsp3) is 0.556. The first kappa shape index (κ1) is 26.8. The molecule has 0 aromatic rings. The number of carbonyl (C=O) groups is 2. The summed E-state index contributed by atoms with van der Waals surface area (Å²) in [4.78, 5) is 24.6. The van der Waals surface area contributed by atoms with Gasteiger partial charge < -0.3 is 19.9 Å². The molecule has 6 heteroatoms. The summed E-state index contributed by atoms with van der Waals surface area (Å²) in [5, 5.41) is 6.36. The van der Waals surface area contributed by atoms with Crippen LogP contribution in [0, 0.1) is 0 Å². The minimum Gasteiger partial charge on any atom is -0.383 e. The van der Waals surface area contributed by atoms with E-state index in [1.165, 1.54) is 12.0 Å². The van der Waals surface area contributed by atoms with Gasteiger partial charge in [-0.2, -0.15) is 0 Å². The highest BCUT2D eigenvalue weighted by molar-refractivity contribution is 5.81. The van der Waals surface area contributed by atoms with Gasteiger partial charge in [-0.3, -0.25) is 9.59 Å². The number of nitrogens with one attached hydrogen (secondary N) is 2. The van der Waals surface area contributed by atoms with Crippen LogP contribution in [0.5, 0.6) is 0 Å². The molecule has 2 aliphatic carbocycles. The van der Waals surface area contributed by atoms with E-state index in [4.69, 9.17) is 4.74 Å². The third-order valence-corrected chi connectivity index (χ3v) is 6.34. The molecule has 2 N–H and O–H groups in total. The zero-order valence-electron chi connectivity index (χ0n) is 21.0. The highest BCUT2D eigenvalue weighted by atomic mass is 16.5. The van der Waals surface area contributed by atoms with Crippen LogP contribution in [0.4, 0.5) is 0 Å². The van der Waals surface area contributed by atoms with Crippen molar-refractivity contribution in [1.29, 1.82) is 0 Å². The minimum atomic E-state index is -0.0232. The van der Waals surface area contributed by atoms with Crippen LogP contribution >= 0.6 is 0 Å². The van der Waals surface area contributed by atoms with E-state index in [0.717, 1.165) is 61.3 Å². The van der Waals surface area contributed by atoms with E-state index in [-0.39, 0.29) is 16.0 Å². The van der Waals surface area contributed by atoms with E-state index in [9.17, 15) is 9.59 Å². The third-order valence-electron chi connectivity index (χ3n) is 6.34. The summed E-state index contributed by atoms with van der Waals surface area (Å²) in [5.41, 5.74) is 5.16. The largest absolute Gasteiger partial charge is 0.383 e. The van der Waals surface area contributed by atoms with Gasteiger partial charge in [0.1, 0.15) is 6.54 Å². The van der Waals surface area contributed by atoms with Gasteiger partial charge in [-0.25, -0.2) is 0 Å². The zero-order chi connectivity index (χ0) is 24.3. The molecule has 0 aromatic carbocycles. The van der Waals surface area contributed by atoms with E-state index in [2.05, 4.69) is 48.4 Å². The monoisotopic (exact) mass is 462 g/mol. The molecule has 0 saturated carbocycles. The summed E-state index contributed by atoms with van der Waals surface area (Å²) in [6.07, 6.45) is 13.9. The van der Waals surface area contributed by atoms with Crippen LogP contribution in [0.15, 0.2) is 59.0 Å². The van der Waals surface area contributed by atoms with Gasteiger partial charge in [-0.15, -0.1) is 0 Å². The number of ketones is 1. The third kappa shape index (κ3) is 8.78. The number of quaternary nitrogens is 1. The predicted octanol–water partition coefficient (Wildman–Crippen LogP) is 4.68. The number of piperidine rings is 1. The van der Waals surface area contributed by atoms with Crippen molar-refractivity contribution in [2.45, 2.75) is 52.9 Å². The van der Waals surface area contributed by atoms with E-state index in [1.54, 1.807) is 14.0 Å². The molecule has 33 heavy (non-hydrogen) atoms. The van der Waals surface area contributed by atoms with E-state index in [0.29, 0.717) is 30.7 Å². The normalized spacial score (nSPS) is 18.8. The van der Waals surface area contributed by atoms with E-state index in [1.807, 2.05) is 6.92 Å². The van der Waals surface area contributed by atoms with Crippen molar-refractivity contribution in [1.82, 2.24) is 10.6 Å². The number of rotatable bonds is 10. The lowest BCUT2D eigenvalue weighted by molar-refractivity contribution is -0.917. The molecule has 1 saturated heterocycles. The van der Waals surface area contributed by atoms with E-state index >= 15 is 0 Å². The molecule has 6 nitrogen and oxygen atoms in total. The number of likely N-dealkylation sites (tertiary alicyclic amines) is 1. The number of nitrogens with zero attached hydrogens (tertiary/aromatic N) is 1. The lowest BCUT2D eigenvalue weighted by atomic mass is 10.1. The Bertz CT molecular complexity index is 855. The first-order valence-electron chi connectivity index (χ1n) is 12.1. The van der Waals surface area contributed by atoms with Gasteiger partial charge >= 0.3 is 0 Å². The second-order valence-corrected chi connectivity index (χ2v) is 9.35. The average Bonchev–Trinajstić information content (AvgIpc) is 3.37. The Balaban J connectivity index is 0. The van der Waals surface area contributed by atoms with Crippen molar-refractivity contribution >= 4 is 11.7 Å². The van der Waals surface area contributed by atoms with Crippen LogP contribution < -0.4 is 10.6 Å². The maximum Gasteiger partial charge on any atom is 0.279 e. The molecule has 0 atom stereocenters. The first-order chi connectivity index (χ1) is 15.8. The Morgan fingerprint density at radius 2 is 1.88 bits per heavy atom. The Morgan fingerprint density at radius 1 is 1.15 bits per heavy atom. The number of Topliss-reactive ketones (excluding diaryl/α,β-unsaturated/α-hetero) is 1. The van der Waals surface area contributed by atoms with Crippen molar-refractivity contribution in [3.8, 4) is 0 Å². The van der Waals surface area contributed by atoms with Crippen LogP contribution in [0.2, 0.25) is 0 Å². The summed E-state index contributed by atoms with van der Waals surface area (Å²) in [6.45, 7) is 13.7. The predicted molar refractivity (Wildman–Crippen MR) is 141 cm³/mol. The molecule has 0 aromatic heterocycles. The van der Waals surface area contributed by atoms with Gasteiger partial charge in [0.2, 0.25) is 0 Å². The van der Waals surface area contributed by atoms with Gasteiger partial charge in [-0.1, -0.05) is 36.5 Å². The second-order valence-electron chi connectivity index (χ2n) is 9.35. The van der Waals surface area contributed by atoms with Crippen molar-refractivity contribution in [3.63, 3.8) is 0 Å². The lowest BCUT2D eigenvalue weighted by Crippen LogP contribution is -2.58. The standard InChI is InChI=1S/C21H33N3O3.C6H8.3H2/c1-16-8-9-19(18(3)22-10-13-27-4)21(16)23-20(26)15-24(14-17(2)25)11-6-5-7-12-24;1-6-4-2-3-5-6;;;/h8,22H,3,5-7,9-15H2,1-2,4H3;2,4-5H,3H2,1H3;3*1H/p+1. The second kappa shape index (κ2) is 13.3. The van der Waals surface area contributed by atoms with Gasteiger partial charge in [0.25, 0.3) is 5.91 Å². The number of allylic oxidation sites excluding steroid dienone is 7. The zero-order valence-corrected chi connectivity index (χ0v) is 21.0. The SMILES string of the molecule is C=C(NCCOC)C1=C(NC(=O)C[N+]2(CC(C)=O)CCCCC2)C(C)=CC1.CC1=CCC=C1.[HH].[HH].[HH]. The molecule has 1 heterocycles. The lowest BCUT2D eigenvalue weighted by Gasteiger charge is -2.40. The quantitative estimate of drug-likeness (QED) is 0.365. The van der Waals surface area contributed by atoms with Crippen LogP contribution in [0.25, 0.3) is 0 Å². The molecule has 1 amide bonds. The number of ether oxygens (including phenoxy) is 1. The van der Waals surface area contributed by atoms with Crippen LogP contribution in [-0.2, 0) is 14.3 Å². The number of amides is 1. The fourth-order valence-electron chi connectivity index (χ4n) is 4.64. The molecular weight excluding hydrogens is 414 g/mol. The summed E-state index contributed by atoms with van der Waals surface area (Å²) < 4.78 is 5.65. The van der Waals surface area contributed by atoms with Crippen LogP contribution in [0.1, 0.15) is 57.2 Å². The summed E-state index contributed by atoms with van der Waals surface area (Å²) >= 11 is 0. The van der Waals surface area contributed by atoms with Crippen LogP contribution in [0.3, 0.4) is 0 Å². The average molecular weight is 463 g/mol. The topological polar surface area (TPSA) is 67.4 Å². The van der Waals surface area contributed by atoms with Crippen LogP contribution in [-0.4, -0.2) is 62.6 Å². The minimum absolute atomic E-state index is 0. The molecule has 0 bridgehead atoms. The molecule has 1 fully saturated rings. The van der Waals surface area contributed by atoms with Gasteiger partial charge in [0.05, 0.1) is 19.7 Å². The Hall–Kier alpha value is -2.44. The Labute approximate surface area is 204 Å². The maximum absolute atomic E-state index is 12.9. The summed E-state index contributed by atoms with van der Waals surface area (Å²) in [7, 11) is 1.66. The molecule has 0 radical (unpaired) electrons. The molecule has 1 aliphatic heterocycles. The molecule has 3 rings (SSSR count). The van der Waals surface area contributed by atoms with Crippen molar-refractivity contribution < 1.29 is 23.1 Å². The summed E-state index contributed by atoms with van der Waals surface area (Å²) in [6, 6.07) is 0. The molecule has 3 aliphatic rings.